The summed E-state index contributed by atoms with van der Waals surface area (Å²) < 4.78 is 16.4. The molecule has 3 saturated carbocycles. The Labute approximate surface area is 191 Å². The van der Waals surface area contributed by atoms with Crippen molar-refractivity contribution in [2.75, 3.05) is 6.61 Å². The number of cyclic esters (lactones) is 1. The van der Waals surface area contributed by atoms with E-state index in [4.69, 9.17) is 14.2 Å². The van der Waals surface area contributed by atoms with Crippen LogP contribution in [0.15, 0.2) is 23.3 Å². The summed E-state index contributed by atoms with van der Waals surface area (Å²) >= 11 is 0. The molecule has 2 heterocycles. The summed E-state index contributed by atoms with van der Waals surface area (Å²) in [7, 11) is 0. The van der Waals surface area contributed by atoms with Gasteiger partial charge in [-0.25, -0.2) is 4.79 Å². The molecule has 3 aliphatic carbocycles. The molecule has 3 fully saturated rings. The van der Waals surface area contributed by atoms with Crippen LogP contribution >= 0.6 is 0 Å². The van der Waals surface area contributed by atoms with Crippen molar-refractivity contribution < 1.29 is 23.8 Å². The summed E-state index contributed by atoms with van der Waals surface area (Å²) in [5.41, 5.74) is 3.62. The first-order valence-corrected chi connectivity index (χ1v) is 12.6. The largest absolute Gasteiger partial charge is 0.421 e. The third-order valence-corrected chi connectivity index (χ3v) is 10.1. The summed E-state index contributed by atoms with van der Waals surface area (Å²) in [6, 6.07) is 0. The summed E-state index contributed by atoms with van der Waals surface area (Å²) in [6.07, 6.45) is 14.0. The second-order valence-electron chi connectivity index (χ2n) is 11.7. The van der Waals surface area contributed by atoms with Gasteiger partial charge in [0.1, 0.15) is 0 Å². The summed E-state index contributed by atoms with van der Waals surface area (Å²) in [4.78, 5) is 23.0. The SMILES string of the molecule is CC(=O)O[C@H]1OC(=O)C=C1[C@H]1CC=C(CC[C@]2(C)[C@H]3CCC[C@@]4(C)C[C@@]34CC[C@@H]2C)CO1. The number of carbonyl (C=O) groups excluding carboxylic acids is 2. The first-order chi connectivity index (χ1) is 15.2. The van der Waals surface area contributed by atoms with Crippen LogP contribution in [0.1, 0.15) is 85.5 Å². The first kappa shape index (κ1) is 22.2. The highest BCUT2D eigenvalue weighted by molar-refractivity contribution is 5.86. The lowest BCUT2D eigenvalue weighted by molar-refractivity contribution is -0.173. The number of esters is 2. The third kappa shape index (κ3) is 3.46. The minimum absolute atomic E-state index is 0.271. The fourth-order valence-corrected chi connectivity index (χ4v) is 7.94. The zero-order valence-electron chi connectivity index (χ0n) is 20.1. The molecule has 7 atom stereocenters. The fourth-order valence-electron chi connectivity index (χ4n) is 7.94. The summed E-state index contributed by atoms with van der Waals surface area (Å²) in [5.74, 6) is 0.698. The lowest BCUT2D eigenvalue weighted by atomic mass is 9.50. The molecule has 0 amide bonds. The van der Waals surface area contributed by atoms with Gasteiger partial charge in [-0.3, -0.25) is 4.79 Å². The van der Waals surface area contributed by atoms with E-state index < -0.39 is 18.2 Å². The molecular weight excluding hydrogens is 404 g/mol. The van der Waals surface area contributed by atoms with Crippen LogP contribution in [0.25, 0.3) is 0 Å². The van der Waals surface area contributed by atoms with Crippen molar-refractivity contribution >= 4 is 11.9 Å². The number of hydrogen-bond donors (Lipinski definition) is 0. The molecule has 5 rings (SSSR count). The van der Waals surface area contributed by atoms with Crippen molar-refractivity contribution in [3.63, 3.8) is 0 Å². The Kier molecular flexibility index (Phi) is 5.35. The standard InChI is InChI=1S/C27H38O5/c1-17-9-13-27-16-25(27,3)11-5-6-22(27)26(17,4)12-10-19-7-8-21(30-15-19)20-14-23(29)32-24(20)31-18(2)28/h7,14,17,21-22,24H,5-6,8-13,15-16H2,1-4H3/t17-,21+,22+,24-,25-,26-,27-/m0/s1. The van der Waals surface area contributed by atoms with Crippen LogP contribution < -0.4 is 0 Å². The second-order valence-corrected chi connectivity index (χ2v) is 11.7. The van der Waals surface area contributed by atoms with E-state index in [2.05, 4.69) is 26.8 Å². The summed E-state index contributed by atoms with van der Waals surface area (Å²) in [6.45, 7) is 9.51. The minimum Gasteiger partial charge on any atom is -0.421 e. The van der Waals surface area contributed by atoms with Gasteiger partial charge in [-0.15, -0.1) is 0 Å². The fraction of sp³-hybridized carbons (Fsp3) is 0.778. The molecule has 176 valence electrons. The van der Waals surface area contributed by atoms with E-state index in [1.165, 1.54) is 63.5 Å². The number of hydrogen-bond acceptors (Lipinski definition) is 5. The normalized spacial score (nSPS) is 45.2. The molecule has 5 nitrogen and oxygen atoms in total. The van der Waals surface area contributed by atoms with Gasteiger partial charge in [-0.05, 0) is 85.0 Å². The zero-order valence-corrected chi connectivity index (χ0v) is 20.1. The quantitative estimate of drug-likeness (QED) is 0.416. The summed E-state index contributed by atoms with van der Waals surface area (Å²) in [5, 5.41) is 0. The molecule has 0 saturated heterocycles. The molecule has 0 aromatic heterocycles. The van der Waals surface area contributed by atoms with Crippen molar-refractivity contribution in [1.82, 2.24) is 0 Å². The van der Waals surface area contributed by atoms with E-state index in [-0.39, 0.29) is 6.10 Å². The molecule has 5 heteroatoms. The predicted molar refractivity (Wildman–Crippen MR) is 120 cm³/mol. The molecule has 1 spiro atoms. The van der Waals surface area contributed by atoms with Crippen LogP contribution in [0.2, 0.25) is 0 Å². The van der Waals surface area contributed by atoms with Gasteiger partial charge < -0.3 is 14.2 Å². The average Bonchev–Trinajstić information content (AvgIpc) is 3.23. The highest BCUT2D eigenvalue weighted by Crippen LogP contribution is 2.80. The van der Waals surface area contributed by atoms with E-state index in [0.29, 0.717) is 34.8 Å². The number of rotatable bonds is 5. The van der Waals surface area contributed by atoms with Gasteiger partial charge in [0.15, 0.2) is 0 Å². The Morgan fingerprint density at radius 1 is 1.25 bits per heavy atom. The molecule has 0 unspecified atom stereocenters. The highest BCUT2D eigenvalue weighted by atomic mass is 16.7. The third-order valence-electron chi connectivity index (χ3n) is 10.1. The van der Waals surface area contributed by atoms with Crippen LogP contribution in [0.3, 0.4) is 0 Å². The minimum atomic E-state index is -0.947. The maximum atomic E-state index is 11.7. The highest BCUT2D eigenvalue weighted by Gasteiger charge is 2.72. The van der Waals surface area contributed by atoms with Crippen LogP contribution in [0, 0.1) is 28.1 Å². The Morgan fingerprint density at radius 2 is 2.06 bits per heavy atom. The number of ether oxygens (including phenoxy) is 3. The topological polar surface area (TPSA) is 61.8 Å². The Hall–Kier alpha value is -1.62. The van der Waals surface area contributed by atoms with Gasteiger partial charge in [0.2, 0.25) is 0 Å². The van der Waals surface area contributed by atoms with Gasteiger partial charge >= 0.3 is 11.9 Å². The van der Waals surface area contributed by atoms with Crippen LogP contribution in [0.5, 0.6) is 0 Å². The van der Waals surface area contributed by atoms with Crippen molar-refractivity contribution in [2.45, 2.75) is 97.9 Å². The van der Waals surface area contributed by atoms with Gasteiger partial charge in [-0.2, -0.15) is 0 Å². The van der Waals surface area contributed by atoms with E-state index in [1.54, 1.807) is 0 Å². The molecule has 0 radical (unpaired) electrons. The second kappa shape index (κ2) is 7.72. The van der Waals surface area contributed by atoms with Gasteiger partial charge in [0, 0.05) is 18.6 Å². The molecule has 0 aromatic rings. The zero-order chi connectivity index (χ0) is 22.7. The molecule has 32 heavy (non-hydrogen) atoms. The maximum Gasteiger partial charge on any atom is 0.334 e. The van der Waals surface area contributed by atoms with E-state index in [0.717, 1.165) is 18.3 Å². The average molecular weight is 443 g/mol. The Morgan fingerprint density at radius 3 is 2.78 bits per heavy atom. The van der Waals surface area contributed by atoms with Crippen LogP contribution in [-0.4, -0.2) is 30.9 Å². The Balaban J connectivity index is 1.23. The first-order valence-electron chi connectivity index (χ1n) is 12.6. The molecule has 5 aliphatic rings. The van der Waals surface area contributed by atoms with Gasteiger partial charge in [0.25, 0.3) is 6.29 Å². The lowest BCUT2D eigenvalue weighted by Crippen LogP contribution is -2.47. The monoisotopic (exact) mass is 442 g/mol. The van der Waals surface area contributed by atoms with Gasteiger partial charge in [-0.1, -0.05) is 33.3 Å². The molecular formula is C27H38O5. The van der Waals surface area contributed by atoms with Crippen molar-refractivity contribution in [3.8, 4) is 0 Å². The predicted octanol–water partition coefficient (Wildman–Crippen LogP) is 5.49. The van der Waals surface area contributed by atoms with E-state index in [9.17, 15) is 9.59 Å². The van der Waals surface area contributed by atoms with Crippen molar-refractivity contribution in [2.24, 2.45) is 28.1 Å². The molecule has 2 aliphatic heterocycles. The van der Waals surface area contributed by atoms with Crippen LogP contribution in [0.4, 0.5) is 0 Å². The molecule has 0 bridgehead atoms. The van der Waals surface area contributed by atoms with Gasteiger partial charge in [0.05, 0.1) is 12.7 Å². The number of carbonyl (C=O) groups is 2. The van der Waals surface area contributed by atoms with Crippen molar-refractivity contribution in [3.05, 3.63) is 23.3 Å². The van der Waals surface area contributed by atoms with Crippen molar-refractivity contribution in [1.29, 1.82) is 0 Å². The maximum absolute atomic E-state index is 11.7. The van der Waals surface area contributed by atoms with E-state index >= 15 is 0 Å². The van der Waals surface area contributed by atoms with Crippen LogP contribution in [-0.2, 0) is 23.8 Å². The molecule has 0 aromatic carbocycles. The lowest BCUT2D eigenvalue weighted by Gasteiger charge is -2.55. The Bertz CT molecular complexity index is 873. The van der Waals surface area contributed by atoms with E-state index in [1.807, 2.05) is 0 Å². The smallest absolute Gasteiger partial charge is 0.334 e. The molecule has 0 N–H and O–H groups in total.